The third kappa shape index (κ3) is 4.35. The van der Waals surface area contributed by atoms with Gasteiger partial charge in [-0.1, -0.05) is 0 Å². The zero-order chi connectivity index (χ0) is 4.12. The summed E-state index contributed by atoms with van der Waals surface area (Å²) in [6.07, 6.45) is 0. The molecule has 0 aromatic carbocycles. The minimum absolute atomic E-state index is 0.111. The Kier molecular flexibility index (Phi) is 4.66. The average molecular weight is 103 g/mol. The second-order valence-electron chi connectivity index (χ2n) is 0.390. The second kappa shape index (κ2) is 4.35. The summed E-state index contributed by atoms with van der Waals surface area (Å²) >= 11 is 0. The van der Waals surface area contributed by atoms with Gasteiger partial charge in [-0.05, 0) is 0 Å². The molecule has 0 heterocycles. The van der Waals surface area contributed by atoms with Gasteiger partial charge in [-0.2, -0.15) is 0 Å². The number of hydrogen-bond donors (Lipinski definition) is 0. The van der Waals surface area contributed by atoms with Crippen molar-refractivity contribution in [3.63, 3.8) is 0 Å². The summed E-state index contributed by atoms with van der Waals surface area (Å²) in [5.74, 6) is 0. The van der Waals surface area contributed by atoms with Crippen molar-refractivity contribution >= 4 is 20.5 Å². The van der Waals surface area contributed by atoms with E-state index in [2.05, 4.69) is 19.0 Å². The van der Waals surface area contributed by atoms with E-state index >= 15 is 0 Å². The van der Waals surface area contributed by atoms with Crippen LogP contribution < -0.4 is 0 Å². The highest BCUT2D eigenvalue weighted by Gasteiger charge is 1.74. The average Bonchev–Trinajstić information content (AvgIpc) is 1.41. The van der Waals surface area contributed by atoms with Gasteiger partial charge in [0, 0.05) is 7.11 Å². The summed E-state index contributed by atoms with van der Waals surface area (Å²) < 4.78 is 8.75. The molecule has 2 nitrogen and oxygen atoms in total. The molecule has 0 aromatic rings. The van der Waals surface area contributed by atoms with E-state index in [4.69, 9.17) is 0 Å². The Hall–Kier alpha value is 0.354. The van der Waals surface area contributed by atoms with Crippen LogP contribution in [-0.4, -0.2) is 27.6 Å². The molecule has 0 aliphatic carbocycles. The highest BCUT2D eigenvalue weighted by atomic mass is 28.3. The molecule has 0 rings (SSSR count). The maximum absolute atomic E-state index is 4.45. The van der Waals surface area contributed by atoms with E-state index < -0.39 is 0 Å². The lowest BCUT2D eigenvalue weighted by molar-refractivity contribution is 0.376. The molecule has 0 aromatic heterocycles. The van der Waals surface area contributed by atoms with Crippen molar-refractivity contribution in [2.24, 2.45) is 0 Å². The molecule has 4 heteroatoms. The van der Waals surface area contributed by atoms with Crippen LogP contribution in [0, 0.1) is 0 Å². The fraction of sp³-hybridized carbons (Fsp3) is 1.00. The van der Waals surface area contributed by atoms with E-state index in [9.17, 15) is 0 Å². The van der Waals surface area contributed by atoms with Gasteiger partial charge in [-0.15, -0.1) is 0 Å². The van der Waals surface area contributed by atoms with Crippen LogP contribution in [0.3, 0.4) is 0 Å². The van der Waals surface area contributed by atoms with Gasteiger partial charge in [0.15, 0.2) is 0 Å². The zero-order valence-corrected chi connectivity index (χ0v) is 4.82. The van der Waals surface area contributed by atoms with Crippen LogP contribution in [0.15, 0.2) is 0 Å². The van der Waals surface area contributed by atoms with Crippen molar-refractivity contribution in [1.29, 1.82) is 0 Å². The van der Waals surface area contributed by atoms with Crippen molar-refractivity contribution in [1.82, 2.24) is 0 Å². The molecule has 0 saturated carbocycles. The lowest BCUT2D eigenvalue weighted by atomic mass is 11.8. The second-order valence-corrected chi connectivity index (χ2v) is 1.78. The Morgan fingerprint density at radius 3 is 2.40 bits per heavy atom. The molecule has 0 amide bonds. The van der Waals surface area contributed by atoms with Crippen molar-refractivity contribution < 1.29 is 8.54 Å². The lowest BCUT2D eigenvalue weighted by Gasteiger charge is -1.82. The minimum Gasteiger partial charge on any atom is -0.435 e. The molecule has 0 aliphatic rings. The van der Waals surface area contributed by atoms with Crippen LogP contribution in [0.5, 0.6) is 0 Å². The fourth-order valence-corrected chi connectivity index (χ4v) is 0.375. The predicted octanol–water partition coefficient (Wildman–Crippen LogP) is -0.733. The first-order valence-electron chi connectivity index (χ1n) is 1.02. The highest BCUT2D eigenvalue weighted by Crippen LogP contribution is 1.53. The van der Waals surface area contributed by atoms with Crippen molar-refractivity contribution in [3.05, 3.63) is 0 Å². The van der Waals surface area contributed by atoms with E-state index in [-0.39, 0.29) is 10.0 Å². The predicted molar refractivity (Wildman–Crippen MR) is 19.6 cm³/mol. The van der Waals surface area contributed by atoms with Crippen LogP contribution >= 0.6 is 0 Å². The number of hydrogen-bond acceptors (Lipinski definition) is 2. The standard InChI is InChI=1S/CH3O2Si2/c1-2-5-3-4/h1H3. The molecule has 5 radical (unpaired) electrons. The molecule has 0 spiro atoms. The number of rotatable bonds is 2. The normalized spacial score (nSPS) is 8.40. The Morgan fingerprint density at radius 2 is 2.40 bits per heavy atom. The van der Waals surface area contributed by atoms with E-state index in [0.29, 0.717) is 0 Å². The maximum Gasteiger partial charge on any atom is 0.421 e. The summed E-state index contributed by atoms with van der Waals surface area (Å²) in [5, 5.41) is 0. The first-order valence-corrected chi connectivity index (χ1v) is 2.25. The van der Waals surface area contributed by atoms with Crippen molar-refractivity contribution in [2.45, 2.75) is 0 Å². The smallest absolute Gasteiger partial charge is 0.421 e. The topological polar surface area (TPSA) is 18.5 Å². The molecule has 0 saturated heterocycles. The van der Waals surface area contributed by atoms with Gasteiger partial charge in [0.05, 0.1) is 0 Å². The Balaban J connectivity index is 2.19. The summed E-state index contributed by atoms with van der Waals surface area (Å²) in [6, 6.07) is 0. The van der Waals surface area contributed by atoms with E-state index in [1.807, 2.05) is 0 Å². The fourth-order valence-electron chi connectivity index (χ4n) is 0.0417. The zero-order valence-electron chi connectivity index (χ0n) is 2.82. The molecule has 0 aliphatic heterocycles. The third-order valence-corrected chi connectivity index (χ3v) is 0.625. The summed E-state index contributed by atoms with van der Waals surface area (Å²) in [6.45, 7) is 0. The van der Waals surface area contributed by atoms with Gasteiger partial charge in [-0.25, -0.2) is 0 Å². The molecule has 0 atom stereocenters. The molecule has 5 heavy (non-hydrogen) atoms. The Labute approximate surface area is 37.1 Å². The monoisotopic (exact) mass is 103 g/mol. The van der Waals surface area contributed by atoms with Crippen LogP contribution in [0.1, 0.15) is 0 Å². The minimum atomic E-state index is 0.111. The molecule has 0 N–H and O–H groups in total. The van der Waals surface area contributed by atoms with Crippen LogP contribution in [0.25, 0.3) is 0 Å². The largest absolute Gasteiger partial charge is 0.435 e. The molecule has 0 unspecified atom stereocenters. The highest BCUT2D eigenvalue weighted by molar-refractivity contribution is 6.27. The van der Waals surface area contributed by atoms with Crippen molar-refractivity contribution in [3.8, 4) is 0 Å². The van der Waals surface area contributed by atoms with Gasteiger partial charge in [0.1, 0.15) is 0 Å². The van der Waals surface area contributed by atoms with Gasteiger partial charge in [-0.3, -0.25) is 0 Å². The first kappa shape index (κ1) is 5.35. The van der Waals surface area contributed by atoms with Gasteiger partial charge in [0.25, 0.3) is 0 Å². The van der Waals surface area contributed by atoms with Gasteiger partial charge < -0.3 is 8.54 Å². The molecule has 27 valence electrons. The summed E-state index contributed by atoms with van der Waals surface area (Å²) in [7, 11) is 4.42. The maximum atomic E-state index is 4.45. The molecule has 0 fully saturated rings. The Bertz CT molecular complexity index is 15.1. The Morgan fingerprint density at radius 1 is 1.80 bits per heavy atom. The van der Waals surface area contributed by atoms with Crippen LogP contribution in [0.2, 0.25) is 0 Å². The first-order chi connectivity index (χ1) is 2.41. The van der Waals surface area contributed by atoms with Crippen LogP contribution in [-0.2, 0) is 8.54 Å². The lowest BCUT2D eigenvalue weighted by Crippen LogP contribution is -1.95. The van der Waals surface area contributed by atoms with Gasteiger partial charge >= 0.3 is 10.0 Å². The molecule has 0 bridgehead atoms. The quantitative estimate of drug-likeness (QED) is 0.429. The molecular weight excluding hydrogens is 100 g/mol. The van der Waals surface area contributed by atoms with Crippen molar-refractivity contribution in [2.75, 3.05) is 7.11 Å². The summed E-state index contributed by atoms with van der Waals surface area (Å²) in [5.41, 5.74) is 0. The SMILES string of the molecule is CO[Si]O[Si]. The van der Waals surface area contributed by atoms with Gasteiger partial charge in [0.2, 0.25) is 10.5 Å². The van der Waals surface area contributed by atoms with Crippen LogP contribution in [0.4, 0.5) is 0 Å². The third-order valence-electron chi connectivity index (χ3n) is 0.125. The van der Waals surface area contributed by atoms with E-state index in [1.165, 1.54) is 0 Å². The van der Waals surface area contributed by atoms with E-state index in [1.54, 1.807) is 7.11 Å². The summed E-state index contributed by atoms with van der Waals surface area (Å²) in [4.78, 5) is 0. The molecular formula is CH3O2Si2. The van der Waals surface area contributed by atoms with E-state index in [0.717, 1.165) is 0 Å².